The number of nitriles is 1. The zero-order valence-electron chi connectivity index (χ0n) is 29.2. The Kier molecular flexibility index (Phi) is 9.09. The Balaban J connectivity index is 1.22. The molecule has 7 N–H and O–H groups in total. The van der Waals surface area contributed by atoms with Gasteiger partial charge in [-0.2, -0.15) is 50.0 Å². The number of hydrogen-bond acceptors (Lipinski definition) is 17. The van der Waals surface area contributed by atoms with Gasteiger partial charge in [-0.15, -0.1) is 20.5 Å². The van der Waals surface area contributed by atoms with Gasteiger partial charge in [-0.1, -0.05) is 12.1 Å². The fourth-order valence-electron chi connectivity index (χ4n) is 5.30. The zero-order valence-corrected chi connectivity index (χ0v) is 29.2. The molecule has 0 saturated carbocycles. The molecule has 0 radical (unpaired) electrons. The number of carbonyl (C=O) groups is 2. The number of rotatable bonds is 10. The van der Waals surface area contributed by atoms with Crippen LogP contribution >= 0.6 is 0 Å². The lowest BCUT2D eigenvalue weighted by atomic mass is 10.2. The lowest BCUT2D eigenvalue weighted by molar-refractivity contribution is 0.0686. The maximum atomic E-state index is 11.5. The topological polar surface area (TPSA) is 334 Å². The van der Waals surface area contributed by atoms with Crippen molar-refractivity contribution in [3.63, 3.8) is 0 Å². The summed E-state index contributed by atoms with van der Waals surface area (Å²) in [5, 5.41) is 72.9. The molecule has 0 aliphatic rings. The maximum absolute atomic E-state index is 11.5. The van der Waals surface area contributed by atoms with Gasteiger partial charge in [0.2, 0.25) is 0 Å². The summed E-state index contributed by atoms with van der Waals surface area (Å²) in [6.07, 6.45) is 2.50. The van der Waals surface area contributed by atoms with Gasteiger partial charge in [-0.05, 0) is 50.2 Å². The number of aromatic hydroxyl groups is 1. The van der Waals surface area contributed by atoms with Crippen molar-refractivity contribution in [3.05, 3.63) is 100 Å². The van der Waals surface area contributed by atoms with Crippen molar-refractivity contribution in [1.29, 1.82) is 5.26 Å². The summed E-state index contributed by atoms with van der Waals surface area (Å²) in [5.74, 6) is -3.18. The highest BCUT2D eigenvalue weighted by Crippen LogP contribution is 2.36. The second kappa shape index (κ2) is 14.3. The number of azo groups is 2. The Morgan fingerprint density at radius 2 is 1.25 bits per heavy atom. The number of aryl methyl sites for hydroxylation is 2. The zero-order chi connectivity index (χ0) is 40.5. The highest BCUT2D eigenvalue weighted by molar-refractivity contribution is 5.89. The van der Waals surface area contributed by atoms with E-state index in [4.69, 9.17) is 18.0 Å². The summed E-state index contributed by atoms with van der Waals surface area (Å²) in [7, 11) is 0. The molecular weight excluding hydrogens is 742 g/mol. The molecule has 0 saturated heterocycles. The molecule has 280 valence electrons. The third-order valence-corrected chi connectivity index (χ3v) is 7.98. The Morgan fingerprint density at radius 1 is 0.754 bits per heavy atom. The minimum Gasteiger partial charge on any atom is -0.479 e. The number of carboxylic acids is 2. The summed E-state index contributed by atoms with van der Waals surface area (Å²) in [6, 6.07) is 12.9. The van der Waals surface area contributed by atoms with E-state index < -0.39 is 17.9 Å². The van der Waals surface area contributed by atoms with E-state index in [1.165, 1.54) is 58.2 Å². The van der Waals surface area contributed by atoms with Gasteiger partial charge in [0.15, 0.2) is 34.6 Å². The van der Waals surface area contributed by atoms with E-state index in [1.807, 2.05) is 6.07 Å². The molecule has 7 rings (SSSR count). The molecule has 57 heavy (non-hydrogen) atoms. The molecule has 0 bridgehead atoms. The van der Waals surface area contributed by atoms with E-state index in [-0.39, 0.29) is 80.3 Å². The molecule has 0 unspecified atom stereocenters. The molecule has 24 heteroatoms. The first kappa shape index (κ1) is 36.2. The average Bonchev–Trinajstić information content (AvgIpc) is 3.95. The van der Waals surface area contributed by atoms with Crippen molar-refractivity contribution in [2.45, 2.75) is 13.8 Å². The van der Waals surface area contributed by atoms with Crippen LogP contribution in [-0.4, -0.2) is 81.3 Å². The van der Waals surface area contributed by atoms with Crippen LogP contribution in [-0.2, 0) is 0 Å². The van der Waals surface area contributed by atoms with Gasteiger partial charge < -0.3 is 26.8 Å². The van der Waals surface area contributed by atoms with Crippen LogP contribution in [0.5, 0.6) is 6.01 Å². The predicted molar refractivity (Wildman–Crippen MR) is 194 cm³/mol. The van der Waals surface area contributed by atoms with Gasteiger partial charge >= 0.3 is 17.9 Å². The smallest absolute Gasteiger partial charge is 0.335 e. The van der Waals surface area contributed by atoms with Crippen LogP contribution in [0.3, 0.4) is 0 Å². The van der Waals surface area contributed by atoms with Crippen molar-refractivity contribution in [2.75, 3.05) is 11.5 Å². The molecule has 5 aromatic heterocycles. The Labute approximate surface area is 317 Å². The molecule has 0 atom stereocenters. The normalized spacial score (nSPS) is 11.3. The van der Waals surface area contributed by atoms with E-state index in [2.05, 4.69) is 60.6 Å². The summed E-state index contributed by atoms with van der Waals surface area (Å²) in [6.45, 7) is 10.7. The van der Waals surface area contributed by atoms with Crippen LogP contribution in [0.2, 0.25) is 0 Å². The summed E-state index contributed by atoms with van der Waals surface area (Å²) >= 11 is 0. The SMILES string of the molecule is [C-]#[N+]c1cnn(-c2cccc(C(=O)O)c2)c1N=Nc1c(C)nn(-c2nc(O)nc(-n3nc(C)c(N=Nc4c(C#N)cnn4-c4cccc(C(=O)O)c4)c3N)n2)c1N. The van der Waals surface area contributed by atoms with E-state index in [0.717, 1.165) is 9.36 Å². The number of nitrogens with two attached hydrogens (primary N) is 2. The van der Waals surface area contributed by atoms with Crippen LogP contribution in [0.25, 0.3) is 28.1 Å². The molecule has 0 fully saturated rings. The van der Waals surface area contributed by atoms with Crippen molar-refractivity contribution in [2.24, 2.45) is 20.5 Å². The average molecular weight is 766 g/mol. The lowest BCUT2D eigenvalue weighted by Gasteiger charge is -2.07. The van der Waals surface area contributed by atoms with E-state index in [1.54, 1.807) is 26.0 Å². The quantitative estimate of drug-likeness (QED) is 0.0926. The van der Waals surface area contributed by atoms with Gasteiger partial charge in [0, 0.05) is 0 Å². The highest BCUT2D eigenvalue weighted by atomic mass is 16.4. The fraction of sp³-hybridized carbons (Fsp3) is 0.0606. The van der Waals surface area contributed by atoms with Crippen LogP contribution in [0.1, 0.15) is 37.7 Å². The van der Waals surface area contributed by atoms with Gasteiger partial charge in [-0.25, -0.2) is 23.8 Å². The number of aromatic carboxylic acids is 2. The number of aromatic nitrogens is 11. The molecule has 0 aliphatic heterocycles. The Bertz CT molecular complexity index is 2730. The van der Waals surface area contributed by atoms with Crippen LogP contribution in [0.15, 0.2) is 81.4 Å². The van der Waals surface area contributed by atoms with Gasteiger partial charge in [0.25, 0.3) is 17.6 Å². The standard InChI is InChI=1S/C33H23N19O5/c1-15-23(43-45-27-19(12-34)13-38-49(27)20-8-4-6-17(10-20)29(53)54)25(35)51(47-15)31-40-32(42-33(57)41-31)52-26(36)24(16(2)48-52)44-46-28-22(37-3)14-39-50(28)21-9-5-7-18(11-21)30(55)56/h4-11,13-14H,35-36H2,1-2H3,(H,53,54)(H,55,56)(H,40,41,42,57). The maximum Gasteiger partial charge on any atom is 0.335 e. The first-order valence-electron chi connectivity index (χ1n) is 16.0. The predicted octanol–water partition coefficient (Wildman–Crippen LogP) is 4.75. The van der Waals surface area contributed by atoms with Gasteiger partial charge in [-0.3, -0.25) is 0 Å². The monoisotopic (exact) mass is 765 g/mol. The molecule has 0 amide bonds. The number of benzene rings is 2. The summed E-state index contributed by atoms with van der Waals surface area (Å²) in [4.78, 5) is 38.7. The van der Waals surface area contributed by atoms with E-state index in [0.29, 0.717) is 11.4 Å². The van der Waals surface area contributed by atoms with Gasteiger partial charge in [0.05, 0.1) is 52.9 Å². The summed E-state index contributed by atoms with van der Waals surface area (Å²) in [5.41, 5.74) is 14.0. The van der Waals surface area contributed by atoms with Crippen LogP contribution in [0, 0.1) is 31.8 Å². The second-order valence-corrected chi connectivity index (χ2v) is 11.6. The van der Waals surface area contributed by atoms with Crippen molar-refractivity contribution in [1.82, 2.24) is 54.1 Å². The molecule has 24 nitrogen and oxygen atoms in total. The van der Waals surface area contributed by atoms with Crippen LogP contribution < -0.4 is 11.5 Å². The molecule has 0 aliphatic carbocycles. The number of carboxylic acid groups (broad SMARTS) is 2. The van der Waals surface area contributed by atoms with Gasteiger partial charge in [0.1, 0.15) is 11.6 Å². The van der Waals surface area contributed by atoms with Crippen molar-refractivity contribution in [3.8, 4) is 35.4 Å². The molecule has 2 aromatic carbocycles. The molecular formula is C33H23N19O5. The number of nitrogens with zero attached hydrogens (tertiary/aromatic N) is 17. The van der Waals surface area contributed by atoms with E-state index in [9.17, 15) is 30.2 Å². The summed E-state index contributed by atoms with van der Waals surface area (Å²) < 4.78 is 4.59. The van der Waals surface area contributed by atoms with Crippen molar-refractivity contribution < 1.29 is 24.9 Å². The minimum atomic E-state index is -1.16. The minimum absolute atomic E-state index is 0.00981. The first-order valence-corrected chi connectivity index (χ1v) is 16.0. The van der Waals surface area contributed by atoms with Crippen molar-refractivity contribution >= 4 is 52.3 Å². The molecule has 7 aromatic rings. The first-order chi connectivity index (χ1) is 27.4. The number of hydrogen-bond donors (Lipinski definition) is 5. The Morgan fingerprint density at radius 3 is 1.74 bits per heavy atom. The highest BCUT2D eigenvalue weighted by Gasteiger charge is 2.23. The second-order valence-electron chi connectivity index (χ2n) is 11.6. The number of anilines is 2. The molecule has 0 spiro atoms. The number of nitrogen functional groups attached to an aromatic ring is 2. The lowest BCUT2D eigenvalue weighted by Crippen LogP contribution is -2.13. The van der Waals surface area contributed by atoms with E-state index >= 15 is 0 Å². The fourth-order valence-corrected chi connectivity index (χ4v) is 5.30. The third kappa shape index (κ3) is 6.66. The largest absolute Gasteiger partial charge is 0.479 e. The third-order valence-electron chi connectivity index (χ3n) is 7.98. The van der Waals surface area contributed by atoms with Crippen LogP contribution in [0.4, 0.5) is 40.3 Å². The Hall–Kier alpha value is -9.19. The molecule has 5 heterocycles.